The van der Waals surface area contributed by atoms with Crippen molar-refractivity contribution in [2.24, 2.45) is 46.3 Å². The summed E-state index contributed by atoms with van der Waals surface area (Å²) in [7, 11) is -4.05. The number of rotatable bonds is 8. The number of aliphatic hydroxyl groups excluding tert-OH is 2. The third kappa shape index (κ3) is 5.60. The van der Waals surface area contributed by atoms with Crippen molar-refractivity contribution >= 4 is 16.1 Å². The molecule has 0 saturated heterocycles. The van der Waals surface area contributed by atoms with Crippen LogP contribution in [-0.4, -0.2) is 49.6 Å². The quantitative estimate of drug-likeness (QED) is 0.325. The second-order valence-electron chi connectivity index (χ2n) is 14.9. The maximum absolute atomic E-state index is 12.8. The van der Waals surface area contributed by atoms with E-state index in [0.717, 1.165) is 70.6 Å². The standard InChI is InChI=1S/C34H51NO7S/c1-4-26-29-20-22(36)14-17-34(29,3)28-15-18-33(2)21(8-13-27(33)30(28)31(26)37)16-19-41-32(38)35-43(39,40)25-11-9-24(10-12-25)42-23-6-5-7-23/h9-12,21-23,26-31,36-37H,4-8,13-20H2,1-3H3,(H,35,38)/t21-,22-,26-,27+,28+,29+,30+,31-,33-,34-/m1/s1. The Morgan fingerprint density at radius 2 is 1.65 bits per heavy atom. The Kier molecular flexibility index (Phi) is 8.57. The van der Waals surface area contributed by atoms with Gasteiger partial charge in [0.1, 0.15) is 5.75 Å². The molecule has 3 N–H and O–H groups in total. The van der Waals surface area contributed by atoms with Crippen molar-refractivity contribution in [1.82, 2.24) is 4.72 Å². The molecule has 0 bridgehead atoms. The van der Waals surface area contributed by atoms with E-state index in [1.165, 1.54) is 12.1 Å². The van der Waals surface area contributed by atoms with Gasteiger partial charge in [-0.05, 0) is 141 Å². The summed E-state index contributed by atoms with van der Waals surface area (Å²) in [6, 6.07) is 6.13. The Hall–Kier alpha value is -1.84. The lowest BCUT2D eigenvalue weighted by Crippen LogP contribution is -2.62. The minimum Gasteiger partial charge on any atom is -0.490 e. The van der Waals surface area contributed by atoms with Crippen molar-refractivity contribution in [3.05, 3.63) is 24.3 Å². The number of ether oxygens (including phenoxy) is 2. The average Bonchev–Trinajstić information content (AvgIpc) is 3.28. The predicted octanol–water partition coefficient (Wildman–Crippen LogP) is 6.05. The van der Waals surface area contributed by atoms with E-state index in [9.17, 15) is 23.4 Å². The summed E-state index contributed by atoms with van der Waals surface area (Å²) in [6.07, 6.45) is 10.5. The Morgan fingerprint density at radius 1 is 0.953 bits per heavy atom. The Morgan fingerprint density at radius 3 is 2.33 bits per heavy atom. The van der Waals surface area contributed by atoms with Crippen molar-refractivity contribution in [2.45, 2.75) is 121 Å². The van der Waals surface area contributed by atoms with E-state index >= 15 is 0 Å². The molecule has 5 fully saturated rings. The second-order valence-corrected chi connectivity index (χ2v) is 16.6. The van der Waals surface area contributed by atoms with Crippen LogP contribution in [0.1, 0.15) is 97.8 Å². The minimum atomic E-state index is -4.05. The van der Waals surface area contributed by atoms with Crippen LogP contribution in [0.25, 0.3) is 0 Å². The van der Waals surface area contributed by atoms with Gasteiger partial charge in [-0.25, -0.2) is 17.9 Å². The SMILES string of the molecule is CC[C@H]1[C@@H](O)[C@@H]2[C@H](CC[C@]3(C)[C@@H](CCOC(=O)NS(=O)(=O)c4ccc(OC5CCC5)cc4)CC[C@@H]23)[C@@]2(C)CC[C@@H](O)C[C@@H]12. The van der Waals surface area contributed by atoms with Crippen LogP contribution >= 0.6 is 0 Å². The largest absolute Gasteiger partial charge is 0.490 e. The predicted molar refractivity (Wildman–Crippen MR) is 163 cm³/mol. The first kappa shape index (κ1) is 31.2. The fourth-order valence-corrected chi connectivity index (χ4v) is 11.3. The molecular formula is C34H51NO7S. The van der Waals surface area contributed by atoms with Gasteiger partial charge in [0, 0.05) is 0 Å². The van der Waals surface area contributed by atoms with Crippen LogP contribution in [0.2, 0.25) is 0 Å². The van der Waals surface area contributed by atoms with Gasteiger partial charge in [-0.2, -0.15) is 0 Å². The van der Waals surface area contributed by atoms with Crippen LogP contribution < -0.4 is 9.46 Å². The molecule has 0 heterocycles. The van der Waals surface area contributed by atoms with Gasteiger partial charge in [-0.3, -0.25) is 0 Å². The fraction of sp³-hybridized carbons (Fsp3) is 0.794. The monoisotopic (exact) mass is 617 g/mol. The van der Waals surface area contributed by atoms with E-state index < -0.39 is 16.1 Å². The molecular weight excluding hydrogens is 566 g/mol. The zero-order valence-corrected chi connectivity index (χ0v) is 26.9. The Labute approximate surface area is 257 Å². The number of benzene rings is 1. The number of hydrogen-bond acceptors (Lipinski definition) is 7. The van der Waals surface area contributed by atoms with Crippen molar-refractivity contribution in [3.63, 3.8) is 0 Å². The van der Waals surface area contributed by atoms with Crippen LogP contribution in [0.5, 0.6) is 5.75 Å². The average molecular weight is 618 g/mol. The summed E-state index contributed by atoms with van der Waals surface area (Å²) in [5, 5.41) is 22.4. The molecule has 10 atom stereocenters. The van der Waals surface area contributed by atoms with E-state index in [1.807, 2.05) is 0 Å². The van der Waals surface area contributed by atoms with Crippen molar-refractivity contribution in [3.8, 4) is 5.75 Å². The number of hydrogen-bond donors (Lipinski definition) is 3. The molecule has 0 unspecified atom stereocenters. The molecule has 6 rings (SSSR count). The highest BCUT2D eigenvalue weighted by Crippen LogP contribution is 2.69. The lowest BCUT2D eigenvalue weighted by atomic mass is 9.41. The lowest BCUT2D eigenvalue weighted by Gasteiger charge is -2.64. The number of carbonyl (C=O) groups is 1. The van der Waals surface area contributed by atoms with Gasteiger partial charge in [-0.1, -0.05) is 27.2 Å². The Balaban J connectivity index is 1.05. The molecule has 1 amide bonds. The van der Waals surface area contributed by atoms with Gasteiger partial charge in [0.25, 0.3) is 10.0 Å². The van der Waals surface area contributed by atoms with Gasteiger partial charge in [-0.15, -0.1) is 0 Å². The number of aliphatic hydroxyl groups is 2. The molecule has 1 aromatic carbocycles. The normalized spacial score (nSPS) is 40.9. The molecule has 5 aliphatic rings. The second kappa shape index (κ2) is 11.8. The van der Waals surface area contributed by atoms with Crippen LogP contribution in [0, 0.1) is 46.3 Å². The van der Waals surface area contributed by atoms with E-state index in [4.69, 9.17) is 9.47 Å². The molecule has 5 saturated carbocycles. The number of amides is 1. The van der Waals surface area contributed by atoms with Gasteiger partial charge in [0.2, 0.25) is 0 Å². The number of fused-ring (bicyclic) bond motifs is 5. The molecule has 5 aliphatic carbocycles. The summed E-state index contributed by atoms with van der Waals surface area (Å²) in [5.74, 6) is 2.76. The summed E-state index contributed by atoms with van der Waals surface area (Å²) < 4.78 is 38.8. The molecule has 9 heteroatoms. The van der Waals surface area contributed by atoms with Crippen LogP contribution in [0.4, 0.5) is 4.79 Å². The number of carbonyl (C=O) groups excluding carboxylic acids is 1. The highest BCUT2D eigenvalue weighted by atomic mass is 32.2. The molecule has 0 aliphatic heterocycles. The van der Waals surface area contributed by atoms with E-state index in [0.29, 0.717) is 35.8 Å². The number of nitrogens with one attached hydrogen (secondary N) is 1. The molecule has 0 spiro atoms. The molecule has 0 radical (unpaired) electrons. The fourth-order valence-electron chi connectivity index (χ4n) is 10.4. The molecule has 240 valence electrons. The van der Waals surface area contributed by atoms with Crippen LogP contribution in [-0.2, 0) is 14.8 Å². The third-order valence-electron chi connectivity index (χ3n) is 13.0. The first-order valence-corrected chi connectivity index (χ1v) is 18.3. The maximum atomic E-state index is 12.8. The Bertz CT molecular complexity index is 1270. The first-order valence-electron chi connectivity index (χ1n) is 16.8. The lowest BCUT2D eigenvalue weighted by molar-refractivity contribution is -0.202. The number of sulfonamides is 1. The summed E-state index contributed by atoms with van der Waals surface area (Å²) in [4.78, 5) is 12.5. The van der Waals surface area contributed by atoms with Gasteiger partial charge >= 0.3 is 6.09 Å². The highest BCUT2D eigenvalue weighted by Gasteiger charge is 2.64. The van der Waals surface area contributed by atoms with Crippen LogP contribution in [0.3, 0.4) is 0 Å². The first-order chi connectivity index (χ1) is 20.5. The zero-order valence-electron chi connectivity index (χ0n) is 26.0. The van der Waals surface area contributed by atoms with E-state index in [2.05, 4.69) is 25.5 Å². The van der Waals surface area contributed by atoms with Gasteiger partial charge in [0.05, 0.1) is 29.8 Å². The van der Waals surface area contributed by atoms with Crippen molar-refractivity contribution in [2.75, 3.05) is 6.61 Å². The zero-order chi connectivity index (χ0) is 30.6. The molecule has 43 heavy (non-hydrogen) atoms. The minimum absolute atomic E-state index is 0.00634. The molecule has 0 aromatic heterocycles. The summed E-state index contributed by atoms with van der Waals surface area (Å²) in [6.45, 7) is 7.18. The van der Waals surface area contributed by atoms with E-state index in [1.54, 1.807) is 12.1 Å². The van der Waals surface area contributed by atoms with Crippen LogP contribution in [0.15, 0.2) is 29.2 Å². The topological polar surface area (TPSA) is 122 Å². The van der Waals surface area contributed by atoms with Gasteiger partial charge in [0.15, 0.2) is 0 Å². The van der Waals surface area contributed by atoms with Crippen molar-refractivity contribution in [1.29, 1.82) is 0 Å². The molecule has 1 aromatic rings. The molecule has 8 nitrogen and oxygen atoms in total. The van der Waals surface area contributed by atoms with Gasteiger partial charge < -0.3 is 19.7 Å². The summed E-state index contributed by atoms with van der Waals surface area (Å²) >= 11 is 0. The smallest absolute Gasteiger partial charge is 0.421 e. The van der Waals surface area contributed by atoms with Crippen molar-refractivity contribution < 1.29 is 32.9 Å². The highest BCUT2D eigenvalue weighted by molar-refractivity contribution is 7.90. The van der Waals surface area contributed by atoms with E-state index in [-0.39, 0.29) is 52.5 Å². The maximum Gasteiger partial charge on any atom is 0.421 e. The third-order valence-corrected chi connectivity index (χ3v) is 14.3. The summed E-state index contributed by atoms with van der Waals surface area (Å²) in [5.41, 5.74) is 0.229.